The molecule has 1 fully saturated rings. The zero-order valence-corrected chi connectivity index (χ0v) is 20.0. The molecule has 0 unspecified atom stereocenters. The van der Waals surface area contributed by atoms with Gasteiger partial charge >= 0.3 is 6.03 Å². The molecule has 7 nitrogen and oxygen atoms in total. The predicted octanol–water partition coefficient (Wildman–Crippen LogP) is 5.59. The SMILES string of the molecule is CCN1Cc2cnc(C)nc2N(c2cccc(NC(=O)/C=C/CC3CC(C)(CC)C3)c2)C1=O. The molecule has 2 aromatic rings. The third-order valence-electron chi connectivity index (χ3n) is 6.91. The molecule has 0 bridgehead atoms. The monoisotopic (exact) mass is 447 g/mol. The Morgan fingerprint density at radius 3 is 2.82 bits per heavy atom. The molecule has 0 spiro atoms. The van der Waals surface area contributed by atoms with Gasteiger partial charge in [-0.1, -0.05) is 32.4 Å². The summed E-state index contributed by atoms with van der Waals surface area (Å²) in [6.07, 6.45) is 10.00. The first-order valence-electron chi connectivity index (χ1n) is 11.8. The molecule has 1 aliphatic heterocycles. The summed E-state index contributed by atoms with van der Waals surface area (Å²) in [5.41, 5.74) is 2.68. The minimum absolute atomic E-state index is 0.133. The average Bonchev–Trinajstić information content (AvgIpc) is 2.77. The molecule has 1 aliphatic carbocycles. The highest BCUT2D eigenvalue weighted by atomic mass is 16.2. The van der Waals surface area contributed by atoms with Gasteiger partial charge in [0.25, 0.3) is 0 Å². The number of nitrogens with zero attached hydrogens (tertiary/aromatic N) is 4. The van der Waals surface area contributed by atoms with E-state index in [0.717, 1.165) is 12.0 Å². The van der Waals surface area contributed by atoms with Gasteiger partial charge < -0.3 is 10.2 Å². The summed E-state index contributed by atoms with van der Waals surface area (Å²) in [6.45, 7) is 9.42. The highest BCUT2D eigenvalue weighted by molar-refractivity contribution is 6.03. The molecule has 1 saturated carbocycles. The van der Waals surface area contributed by atoms with Crippen molar-refractivity contribution in [3.05, 3.63) is 54.0 Å². The van der Waals surface area contributed by atoms with Crippen LogP contribution in [0.1, 0.15) is 57.8 Å². The maximum Gasteiger partial charge on any atom is 0.330 e. The van der Waals surface area contributed by atoms with Gasteiger partial charge in [0.05, 0.1) is 12.2 Å². The molecule has 1 aromatic heterocycles. The van der Waals surface area contributed by atoms with Crippen LogP contribution in [-0.4, -0.2) is 33.4 Å². The Bertz CT molecular complexity index is 1070. The Morgan fingerprint density at radius 2 is 2.09 bits per heavy atom. The van der Waals surface area contributed by atoms with Crippen LogP contribution in [0, 0.1) is 18.3 Å². The number of allylic oxidation sites excluding steroid dienone is 1. The smallest absolute Gasteiger partial charge is 0.322 e. The van der Waals surface area contributed by atoms with Gasteiger partial charge in [0, 0.05) is 24.0 Å². The van der Waals surface area contributed by atoms with Gasteiger partial charge in [0.15, 0.2) is 0 Å². The molecule has 0 atom stereocenters. The molecular formula is C26H33N5O2. The summed E-state index contributed by atoms with van der Waals surface area (Å²) in [4.78, 5) is 37.8. The van der Waals surface area contributed by atoms with Crippen LogP contribution >= 0.6 is 0 Å². The first-order chi connectivity index (χ1) is 15.8. The number of carbonyl (C=O) groups excluding carboxylic acids is 2. The van der Waals surface area contributed by atoms with Crippen molar-refractivity contribution in [2.75, 3.05) is 16.8 Å². The molecule has 7 heteroatoms. The van der Waals surface area contributed by atoms with Crippen molar-refractivity contribution in [3.63, 3.8) is 0 Å². The number of carbonyl (C=O) groups is 2. The molecule has 2 aliphatic rings. The van der Waals surface area contributed by atoms with Gasteiger partial charge in [-0.2, -0.15) is 0 Å². The summed E-state index contributed by atoms with van der Waals surface area (Å²) in [5, 5.41) is 2.92. The Kier molecular flexibility index (Phi) is 6.49. The summed E-state index contributed by atoms with van der Waals surface area (Å²) in [5.74, 6) is 1.72. The molecule has 4 rings (SSSR count). The summed E-state index contributed by atoms with van der Waals surface area (Å²) in [6, 6.07) is 7.19. The fraction of sp³-hybridized carbons (Fsp3) is 0.462. The van der Waals surface area contributed by atoms with Crippen molar-refractivity contribution in [1.82, 2.24) is 14.9 Å². The largest absolute Gasteiger partial charge is 0.330 e. The third-order valence-corrected chi connectivity index (χ3v) is 6.91. The van der Waals surface area contributed by atoms with E-state index >= 15 is 0 Å². The number of aromatic nitrogens is 2. The van der Waals surface area contributed by atoms with Gasteiger partial charge in [0.1, 0.15) is 11.6 Å². The van der Waals surface area contributed by atoms with Gasteiger partial charge in [-0.25, -0.2) is 19.7 Å². The van der Waals surface area contributed by atoms with Crippen LogP contribution in [0.5, 0.6) is 0 Å². The first kappa shape index (κ1) is 23.0. The number of hydrogen-bond acceptors (Lipinski definition) is 4. The van der Waals surface area contributed by atoms with Crippen molar-refractivity contribution in [3.8, 4) is 0 Å². The van der Waals surface area contributed by atoms with E-state index in [0.29, 0.717) is 47.4 Å². The fourth-order valence-electron chi connectivity index (χ4n) is 4.84. The second-order valence-electron chi connectivity index (χ2n) is 9.51. The topological polar surface area (TPSA) is 78.4 Å². The maximum absolute atomic E-state index is 13.2. The minimum atomic E-state index is -0.163. The van der Waals surface area contributed by atoms with Crippen LogP contribution in [0.25, 0.3) is 0 Å². The molecule has 2 heterocycles. The zero-order valence-electron chi connectivity index (χ0n) is 20.0. The maximum atomic E-state index is 13.2. The van der Waals surface area contributed by atoms with Crippen LogP contribution < -0.4 is 10.2 Å². The number of rotatable bonds is 7. The number of fused-ring (bicyclic) bond motifs is 1. The van der Waals surface area contributed by atoms with Gasteiger partial charge in [-0.3, -0.25) is 4.79 Å². The minimum Gasteiger partial charge on any atom is -0.322 e. The highest BCUT2D eigenvalue weighted by Crippen LogP contribution is 2.49. The van der Waals surface area contributed by atoms with E-state index in [-0.39, 0.29) is 11.9 Å². The number of nitrogens with one attached hydrogen (secondary N) is 1. The lowest BCUT2D eigenvalue weighted by Crippen LogP contribution is -2.45. The lowest BCUT2D eigenvalue weighted by molar-refractivity contribution is -0.111. The fourth-order valence-corrected chi connectivity index (χ4v) is 4.84. The number of amides is 3. The molecule has 0 radical (unpaired) electrons. The van der Waals surface area contributed by atoms with Crippen LogP contribution in [0.3, 0.4) is 0 Å². The Hall–Kier alpha value is -3.22. The predicted molar refractivity (Wildman–Crippen MR) is 130 cm³/mol. The lowest BCUT2D eigenvalue weighted by atomic mass is 9.61. The van der Waals surface area contributed by atoms with E-state index in [1.807, 2.05) is 44.2 Å². The van der Waals surface area contributed by atoms with Gasteiger partial charge in [-0.05, 0) is 68.7 Å². The van der Waals surface area contributed by atoms with Crippen molar-refractivity contribution >= 4 is 29.1 Å². The second-order valence-corrected chi connectivity index (χ2v) is 9.51. The van der Waals surface area contributed by atoms with Crippen LogP contribution in [0.15, 0.2) is 42.6 Å². The van der Waals surface area contributed by atoms with Crippen molar-refractivity contribution in [2.24, 2.45) is 11.3 Å². The van der Waals surface area contributed by atoms with E-state index in [4.69, 9.17) is 0 Å². The normalized spacial score (nSPS) is 22.3. The molecule has 174 valence electrons. The quantitative estimate of drug-likeness (QED) is 0.561. The Labute approximate surface area is 195 Å². The number of urea groups is 1. The zero-order chi connectivity index (χ0) is 23.6. The summed E-state index contributed by atoms with van der Waals surface area (Å²) < 4.78 is 0. The number of hydrogen-bond donors (Lipinski definition) is 1. The molecule has 1 N–H and O–H groups in total. The van der Waals surface area contributed by atoms with E-state index in [9.17, 15) is 9.59 Å². The average molecular weight is 448 g/mol. The van der Waals surface area contributed by atoms with E-state index < -0.39 is 0 Å². The summed E-state index contributed by atoms with van der Waals surface area (Å²) >= 11 is 0. The van der Waals surface area contributed by atoms with Gasteiger partial charge in [-0.15, -0.1) is 0 Å². The standard InChI is InChI=1S/C26H33N5O2/c1-5-26(4)14-19(15-26)9-7-12-23(32)29-21-10-8-11-22(13-21)31-24-20(16-27-18(3)28-24)17-30(6-2)25(31)33/h7-8,10-13,16,19H,5-6,9,14-15,17H2,1-4H3,(H,29,32)/b12-7+. The second kappa shape index (κ2) is 9.33. The van der Waals surface area contributed by atoms with Crippen molar-refractivity contribution in [1.29, 1.82) is 0 Å². The molecule has 3 amide bonds. The highest BCUT2D eigenvalue weighted by Gasteiger charge is 2.37. The first-order valence-corrected chi connectivity index (χ1v) is 11.8. The summed E-state index contributed by atoms with van der Waals surface area (Å²) in [7, 11) is 0. The Morgan fingerprint density at radius 1 is 1.30 bits per heavy atom. The molecule has 33 heavy (non-hydrogen) atoms. The van der Waals surface area contributed by atoms with Crippen LogP contribution in [-0.2, 0) is 11.3 Å². The van der Waals surface area contributed by atoms with Gasteiger partial charge in [0.2, 0.25) is 5.91 Å². The van der Waals surface area contributed by atoms with E-state index in [1.165, 1.54) is 19.3 Å². The van der Waals surface area contributed by atoms with Crippen molar-refractivity contribution in [2.45, 2.75) is 59.9 Å². The van der Waals surface area contributed by atoms with E-state index in [1.54, 1.807) is 22.1 Å². The molecule has 1 aromatic carbocycles. The molecule has 0 saturated heterocycles. The number of aryl methyl sites for hydroxylation is 1. The number of benzene rings is 1. The third kappa shape index (κ3) is 4.92. The van der Waals surface area contributed by atoms with Crippen molar-refractivity contribution < 1.29 is 9.59 Å². The molecular weight excluding hydrogens is 414 g/mol. The van der Waals surface area contributed by atoms with E-state index in [2.05, 4.69) is 29.1 Å². The number of anilines is 3. The van der Waals surface area contributed by atoms with Crippen LogP contribution in [0.2, 0.25) is 0 Å². The van der Waals surface area contributed by atoms with Crippen LogP contribution in [0.4, 0.5) is 22.0 Å². The lowest BCUT2D eigenvalue weighted by Gasteiger charge is -2.44. The Balaban J connectivity index is 1.46.